The molecule has 0 radical (unpaired) electrons. The van der Waals surface area contributed by atoms with Crippen molar-refractivity contribution in [2.45, 2.75) is 50.1 Å². The molecule has 0 spiro atoms. The third kappa shape index (κ3) is 3.98. The van der Waals surface area contributed by atoms with E-state index in [0.29, 0.717) is 29.8 Å². The topological polar surface area (TPSA) is 136 Å². The number of anilines is 1. The first-order chi connectivity index (χ1) is 16.2. The number of carbonyl (C=O) groups excluding carboxylic acids is 1. The molecule has 0 saturated carbocycles. The van der Waals surface area contributed by atoms with E-state index in [2.05, 4.69) is 25.8 Å². The molecule has 1 aliphatic rings. The average molecular weight is 483 g/mol. The molecule has 3 aromatic heterocycles. The summed E-state index contributed by atoms with van der Waals surface area (Å²) in [5, 5.41) is 15.7. The molecule has 1 saturated heterocycles. The molecule has 0 unspecified atom stereocenters. The van der Waals surface area contributed by atoms with Gasteiger partial charge in [0.05, 0.1) is 22.2 Å². The molecule has 178 valence electrons. The van der Waals surface area contributed by atoms with Gasteiger partial charge in [-0.15, -0.1) is 5.10 Å². The summed E-state index contributed by atoms with van der Waals surface area (Å²) in [7, 11) is -3.56. The van der Waals surface area contributed by atoms with Crippen LogP contribution in [-0.2, 0) is 14.6 Å². The Kier molecular flexibility index (Phi) is 5.47. The predicted molar refractivity (Wildman–Crippen MR) is 127 cm³/mol. The number of hydrogen-bond acceptors (Lipinski definition) is 8. The van der Waals surface area contributed by atoms with Crippen molar-refractivity contribution >= 4 is 38.2 Å². The zero-order chi connectivity index (χ0) is 24.0. The molecule has 1 aliphatic heterocycles. The molecule has 1 amide bonds. The Morgan fingerprint density at radius 2 is 2.03 bits per heavy atom. The smallest absolute Gasteiger partial charge is 0.242 e. The number of aromatic nitrogens is 6. The van der Waals surface area contributed by atoms with Crippen LogP contribution in [0.5, 0.6) is 0 Å². The van der Waals surface area contributed by atoms with E-state index in [1.807, 2.05) is 24.7 Å². The van der Waals surface area contributed by atoms with Crippen molar-refractivity contribution < 1.29 is 13.2 Å². The van der Waals surface area contributed by atoms with Crippen LogP contribution in [0, 0.1) is 0 Å². The third-order valence-electron chi connectivity index (χ3n) is 5.89. The van der Waals surface area contributed by atoms with Gasteiger partial charge in [0, 0.05) is 30.4 Å². The third-order valence-corrected chi connectivity index (χ3v) is 7.02. The highest BCUT2D eigenvalue weighted by molar-refractivity contribution is 7.91. The molecule has 4 aromatic rings. The maximum Gasteiger partial charge on any atom is 0.242 e. The number of carbonyl (C=O) groups is 1. The van der Waals surface area contributed by atoms with Crippen LogP contribution in [0.1, 0.15) is 39.2 Å². The molecular weight excluding hydrogens is 456 g/mol. The average Bonchev–Trinajstić information content (AvgIpc) is 3.40. The molecule has 34 heavy (non-hydrogen) atoms. The van der Waals surface area contributed by atoms with Gasteiger partial charge in [-0.3, -0.25) is 9.48 Å². The lowest BCUT2D eigenvalue weighted by atomic mass is 10.1. The number of hydrogen-bond donors (Lipinski definition) is 2. The Morgan fingerprint density at radius 3 is 2.76 bits per heavy atom. The SMILES string of the molecule is CC(C)n1cc(-c2nc3c4cccc(S(C)(=O)=O)c4nc(N[C@@H]4CCCCNC4=O)n3n2)cn1. The first-order valence-electron chi connectivity index (χ1n) is 11.2. The summed E-state index contributed by atoms with van der Waals surface area (Å²) in [6, 6.07) is 4.61. The van der Waals surface area contributed by atoms with Gasteiger partial charge < -0.3 is 10.6 Å². The molecule has 12 heteroatoms. The molecule has 5 rings (SSSR count). The first-order valence-corrected chi connectivity index (χ1v) is 13.1. The van der Waals surface area contributed by atoms with Crippen LogP contribution in [0.25, 0.3) is 27.9 Å². The minimum absolute atomic E-state index is 0.0954. The van der Waals surface area contributed by atoms with Crippen molar-refractivity contribution in [2.75, 3.05) is 18.1 Å². The monoisotopic (exact) mass is 482 g/mol. The van der Waals surface area contributed by atoms with Crippen molar-refractivity contribution in [3.8, 4) is 11.4 Å². The van der Waals surface area contributed by atoms with E-state index in [0.717, 1.165) is 24.7 Å². The highest BCUT2D eigenvalue weighted by atomic mass is 32.2. The first kappa shape index (κ1) is 22.3. The fourth-order valence-corrected chi connectivity index (χ4v) is 4.92. The van der Waals surface area contributed by atoms with E-state index >= 15 is 0 Å². The number of nitrogens with zero attached hydrogens (tertiary/aromatic N) is 6. The number of fused-ring (bicyclic) bond motifs is 3. The van der Waals surface area contributed by atoms with Crippen LogP contribution in [0.15, 0.2) is 35.5 Å². The molecule has 0 bridgehead atoms. The van der Waals surface area contributed by atoms with Gasteiger partial charge in [0.25, 0.3) is 0 Å². The van der Waals surface area contributed by atoms with Crippen LogP contribution >= 0.6 is 0 Å². The van der Waals surface area contributed by atoms with Gasteiger partial charge >= 0.3 is 0 Å². The maximum absolute atomic E-state index is 12.6. The normalized spacial score (nSPS) is 17.3. The molecule has 1 aromatic carbocycles. The largest absolute Gasteiger partial charge is 0.354 e. The molecular formula is C22H26N8O3S. The Bertz CT molecular complexity index is 1510. The fraction of sp³-hybridized carbons (Fsp3) is 0.409. The summed E-state index contributed by atoms with van der Waals surface area (Å²) < 4.78 is 28.3. The van der Waals surface area contributed by atoms with E-state index in [4.69, 9.17) is 4.98 Å². The number of benzene rings is 1. The van der Waals surface area contributed by atoms with Crippen molar-refractivity contribution in [1.29, 1.82) is 0 Å². The van der Waals surface area contributed by atoms with Crippen LogP contribution in [0.3, 0.4) is 0 Å². The van der Waals surface area contributed by atoms with Crippen molar-refractivity contribution in [1.82, 2.24) is 34.7 Å². The number of nitrogens with one attached hydrogen (secondary N) is 2. The van der Waals surface area contributed by atoms with Crippen LogP contribution in [0.4, 0.5) is 5.95 Å². The van der Waals surface area contributed by atoms with Gasteiger partial charge in [0.1, 0.15) is 6.04 Å². The fourth-order valence-electron chi connectivity index (χ4n) is 4.09. The second-order valence-electron chi connectivity index (χ2n) is 8.82. The summed E-state index contributed by atoms with van der Waals surface area (Å²) in [5.41, 5.74) is 1.45. The zero-order valence-corrected chi connectivity index (χ0v) is 20.0. The highest BCUT2D eigenvalue weighted by Crippen LogP contribution is 2.29. The van der Waals surface area contributed by atoms with Crippen LogP contribution in [-0.4, -0.2) is 62.5 Å². The second-order valence-corrected chi connectivity index (χ2v) is 10.8. The zero-order valence-electron chi connectivity index (χ0n) is 19.2. The molecule has 11 nitrogen and oxygen atoms in total. The quantitative estimate of drug-likeness (QED) is 0.442. The van der Waals surface area contributed by atoms with Gasteiger partial charge in [-0.05, 0) is 45.2 Å². The Labute approximate surface area is 196 Å². The maximum atomic E-state index is 12.6. The number of para-hydroxylation sites is 1. The lowest BCUT2D eigenvalue weighted by molar-refractivity contribution is -0.121. The lowest BCUT2D eigenvalue weighted by Gasteiger charge is -2.17. The van der Waals surface area contributed by atoms with Crippen molar-refractivity contribution in [2.24, 2.45) is 0 Å². The Morgan fingerprint density at radius 1 is 1.21 bits per heavy atom. The summed E-state index contributed by atoms with van der Waals surface area (Å²) in [6.45, 7) is 4.68. The Balaban J connectivity index is 1.73. The molecule has 0 aliphatic carbocycles. The molecule has 1 atom stereocenters. The van der Waals surface area contributed by atoms with Gasteiger partial charge in [0.15, 0.2) is 21.3 Å². The number of sulfone groups is 1. The molecule has 4 heterocycles. The second kappa shape index (κ2) is 8.35. The molecule has 2 N–H and O–H groups in total. The van der Waals surface area contributed by atoms with E-state index in [1.165, 1.54) is 10.6 Å². The van der Waals surface area contributed by atoms with Crippen molar-refractivity contribution in [3.63, 3.8) is 0 Å². The van der Waals surface area contributed by atoms with E-state index in [-0.39, 0.29) is 28.3 Å². The van der Waals surface area contributed by atoms with E-state index < -0.39 is 15.9 Å². The van der Waals surface area contributed by atoms with Crippen molar-refractivity contribution in [3.05, 3.63) is 30.6 Å². The minimum Gasteiger partial charge on any atom is -0.354 e. The summed E-state index contributed by atoms with van der Waals surface area (Å²) in [5.74, 6) is 0.567. The molecule has 1 fully saturated rings. The lowest BCUT2D eigenvalue weighted by Crippen LogP contribution is -2.38. The predicted octanol–water partition coefficient (Wildman–Crippen LogP) is 2.21. The summed E-state index contributed by atoms with van der Waals surface area (Å²) in [4.78, 5) is 22.0. The summed E-state index contributed by atoms with van der Waals surface area (Å²) in [6.07, 6.45) is 7.11. The van der Waals surface area contributed by atoms with Gasteiger partial charge in [-0.2, -0.15) is 9.61 Å². The Hall–Kier alpha value is -3.54. The van der Waals surface area contributed by atoms with Gasteiger partial charge in [-0.25, -0.2) is 18.4 Å². The van der Waals surface area contributed by atoms with Gasteiger partial charge in [-0.1, -0.05) is 6.07 Å². The van der Waals surface area contributed by atoms with Crippen LogP contribution < -0.4 is 10.6 Å². The number of rotatable bonds is 5. The van der Waals surface area contributed by atoms with Gasteiger partial charge in [0.2, 0.25) is 11.9 Å². The minimum atomic E-state index is -3.56. The highest BCUT2D eigenvalue weighted by Gasteiger charge is 2.25. The summed E-state index contributed by atoms with van der Waals surface area (Å²) >= 11 is 0. The van der Waals surface area contributed by atoms with E-state index in [9.17, 15) is 13.2 Å². The van der Waals surface area contributed by atoms with E-state index in [1.54, 1.807) is 18.3 Å². The number of amides is 1. The van der Waals surface area contributed by atoms with Crippen LogP contribution in [0.2, 0.25) is 0 Å². The standard InChI is InChI=1S/C22H26N8O3S/c1-13(2)29-12-14(11-24-29)19-27-20-15-7-6-9-17(34(3,32)33)18(15)26-22(30(20)28-19)25-16-8-4-5-10-23-21(16)31/h6-7,9,11-13,16H,4-5,8,10H2,1-3H3,(H,23,31)(H,25,26)/t16-/m1/s1.